The number of nitrogens with zero attached hydrogens (tertiary/aromatic N) is 5. The van der Waals surface area contributed by atoms with E-state index in [1.807, 2.05) is 56.3 Å². The Morgan fingerprint density at radius 1 is 1.13 bits per heavy atom. The average molecular weight is 411 g/mol. The molecule has 4 rings (SSSR count). The Morgan fingerprint density at radius 3 is 2.68 bits per heavy atom. The van der Waals surface area contributed by atoms with Crippen molar-refractivity contribution in [1.29, 1.82) is 5.26 Å². The van der Waals surface area contributed by atoms with Gasteiger partial charge < -0.3 is 4.74 Å². The van der Waals surface area contributed by atoms with Crippen molar-refractivity contribution in [3.8, 4) is 17.2 Å². The molecule has 0 amide bonds. The summed E-state index contributed by atoms with van der Waals surface area (Å²) in [5, 5.41) is 13.4. The first-order valence-electron chi connectivity index (χ1n) is 9.96. The molecule has 0 unspecified atom stereocenters. The van der Waals surface area contributed by atoms with E-state index in [4.69, 9.17) is 4.74 Å². The van der Waals surface area contributed by atoms with E-state index in [1.165, 1.54) is 6.33 Å². The van der Waals surface area contributed by atoms with Crippen molar-refractivity contribution < 1.29 is 9.53 Å². The normalized spacial score (nSPS) is 10.7. The third kappa shape index (κ3) is 4.28. The fourth-order valence-electron chi connectivity index (χ4n) is 3.59. The van der Waals surface area contributed by atoms with Crippen molar-refractivity contribution >= 4 is 11.7 Å². The van der Waals surface area contributed by atoms with Gasteiger partial charge in [0.05, 0.1) is 11.6 Å². The molecule has 0 bridgehead atoms. The van der Waals surface area contributed by atoms with Gasteiger partial charge in [-0.3, -0.25) is 4.79 Å². The molecule has 0 aliphatic rings. The van der Waals surface area contributed by atoms with E-state index in [0.717, 1.165) is 33.6 Å². The van der Waals surface area contributed by atoms with E-state index in [-0.39, 0.29) is 19.0 Å². The Labute approximate surface area is 180 Å². The number of aromatic nitrogens is 4. The molecule has 154 valence electrons. The van der Waals surface area contributed by atoms with Crippen LogP contribution in [0.3, 0.4) is 0 Å². The second kappa shape index (κ2) is 8.76. The van der Waals surface area contributed by atoms with Gasteiger partial charge in [0.25, 0.3) is 5.78 Å². The summed E-state index contributed by atoms with van der Waals surface area (Å²) in [6.45, 7) is 4.06. The molecule has 0 atom stereocenters. The lowest BCUT2D eigenvalue weighted by Crippen LogP contribution is -2.10. The van der Waals surface area contributed by atoms with E-state index in [0.29, 0.717) is 17.8 Å². The lowest BCUT2D eigenvalue weighted by atomic mass is 9.99. The maximum atomic E-state index is 12.3. The predicted molar refractivity (Wildman–Crippen MR) is 115 cm³/mol. The molecule has 2 heterocycles. The van der Waals surface area contributed by atoms with Crippen molar-refractivity contribution in [3.05, 3.63) is 82.9 Å². The monoisotopic (exact) mass is 411 g/mol. The number of benzene rings is 2. The largest absolute Gasteiger partial charge is 0.461 e. The summed E-state index contributed by atoms with van der Waals surface area (Å²) >= 11 is 0. The number of aryl methyl sites for hydroxylation is 2. The van der Waals surface area contributed by atoms with Crippen LogP contribution >= 0.6 is 0 Å². The highest BCUT2D eigenvalue weighted by atomic mass is 16.5. The molecule has 2 aromatic carbocycles. The number of nitriles is 1. The number of hydrogen-bond acceptors (Lipinski definition) is 6. The molecule has 4 aromatic rings. The predicted octanol–water partition coefficient (Wildman–Crippen LogP) is 3.96. The number of hydrogen-bond donors (Lipinski definition) is 0. The van der Waals surface area contributed by atoms with E-state index in [1.54, 1.807) is 10.6 Å². The summed E-state index contributed by atoms with van der Waals surface area (Å²) in [5.74, 6) is 0.290. The maximum absolute atomic E-state index is 12.3. The Hall–Kier alpha value is -4.05. The Bertz CT molecular complexity index is 1290. The Balaban J connectivity index is 1.36. The minimum Gasteiger partial charge on any atom is -0.461 e. The van der Waals surface area contributed by atoms with Crippen LogP contribution in [0, 0.1) is 25.2 Å². The molecule has 0 aliphatic carbocycles. The van der Waals surface area contributed by atoms with Gasteiger partial charge in [0.1, 0.15) is 12.9 Å². The third-order valence-electron chi connectivity index (χ3n) is 5.28. The summed E-state index contributed by atoms with van der Waals surface area (Å²) in [5.41, 5.74) is 6.12. The Morgan fingerprint density at radius 2 is 1.90 bits per heavy atom. The molecule has 0 radical (unpaired) electrons. The van der Waals surface area contributed by atoms with Crippen LogP contribution in [0.1, 0.15) is 34.5 Å². The zero-order valence-corrected chi connectivity index (χ0v) is 17.4. The van der Waals surface area contributed by atoms with E-state index in [9.17, 15) is 10.1 Å². The summed E-state index contributed by atoms with van der Waals surface area (Å²) < 4.78 is 7.13. The molecular formula is C24H21N5O2. The standard InChI is InChI=1S/C24H21N5O2/c1-16-21(17(2)29-24(28-16)26-15-27-29)11-12-23(30)31-14-18-7-9-19(10-8-18)22-6-4-3-5-20(22)13-25/h3-10,15H,11-12,14H2,1-2H3. The summed E-state index contributed by atoms with van der Waals surface area (Å²) in [7, 11) is 0. The quantitative estimate of drug-likeness (QED) is 0.446. The second-order valence-electron chi connectivity index (χ2n) is 7.25. The van der Waals surface area contributed by atoms with Crippen LogP contribution in [0.15, 0.2) is 54.9 Å². The number of carbonyl (C=O) groups excluding carboxylic acids is 1. The topological polar surface area (TPSA) is 93.2 Å². The van der Waals surface area contributed by atoms with Gasteiger partial charge in [0, 0.05) is 17.8 Å². The van der Waals surface area contributed by atoms with Gasteiger partial charge in [-0.05, 0) is 48.6 Å². The summed E-state index contributed by atoms with van der Waals surface area (Å²) in [6, 6.07) is 17.4. The molecule has 0 saturated carbocycles. The van der Waals surface area contributed by atoms with Crippen LogP contribution in [-0.4, -0.2) is 25.6 Å². The molecule has 0 fully saturated rings. The summed E-state index contributed by atoms with van der Waals surface area (Å²) in [4.78, 5) is 20.8. The molecule has 0 aliphatic heterocycles. The van der Waals surface area contributed by atoms with Crippen molar-refractivity contribution in [3.63, 3.8) is 0 Å². The highest BCUT2D eigenvalue weighted by Crippen LogP contribution is 2.23. The first kappa shape index (κ1) is 20.2. The van der Waals surface area contributed by atoms with Gasteiger partial charge >= 0.3 is 5.97 Å². The van der Waals surface area contributed by atoms with Crippen molar-refractivity contribution in [2.24, 2.45) is 0 Å². The van der Waals surface area contributed by atoms with Crippen molar-refractivity contribution in [2.45, 2.75) is 33.3 Å². The van der Waals surface area contributed by atoms with Gasteiger partial charge in [0.15, 0.2) is 0 Å². The fourth-order valence-corrected chi connectivity index (χ4v) is 3.59. The third-order valence-corrected chi connectivity index (χ3v) is 5.28. The minimum absolute atomic E-state index is 0.206. The van der Waals surface area contributed by atoms with Crippen LogP contribution in [0.25, 0.3) is 16.9 Å². The lowest BCUT2D eigenvalue weighted by molar-refractivity contribution is -0.144. The van der Waals surface area contributed by atoms with Crippen LogP contribution in [0.2, 0.25) is 0 Å². The Kier molecular flexibility index (Phi) is 5.72. The molecule has 2 aromatic heterocycles. The van der Waals surface area contributed by atoms with Crippen molar-refractivity contribution in [1.82, 2.24) is 19.6 Å². The van der Waals surface area contributed by atoms with E-state index < -0.39 is 0 Å². The zero-order valence-electron chi connectivity index (χ0n) is 17.4. The fraction of sp³-hybridized carbons (Fsp3) is 0.208. The van der Waals surface area contributed by atoms with Crippen LogP contribution < -0.4 is 0 Å². The molecule has 31 heavy (non-hydrogen) atoms. The van der Waals surface area contributed by atoms with Gasteiger partial charge in [0.2, 0.25) is 0 Å². The van der Waals surface area contributed by atoms with Gasteiger partial charge in [-0.15, -0.1) is 0 Å². The van der Waals surface area contributed by atoms with Crippen LogP contribution in [0.4, 0.5) is 0 Å². The SMILES string of the molecule is Cc1nc2ncnn2c(C)c1CCC(=O)OCc1ccc(-c2ccccc2C#N)cc1. The van der Waals surface area contributed by atoms with Crippen LogP contribution in [-0.2, 0) is 22.6 Å². The smallest absolute Gasteiger partial charge is 0.306 e. The number of ether oxygens (including phenoxy) is 1. The zero-order chi connectivity index (χ0) is 21.8. The molecule has 0 N–H and O–H groups in total. The van der Waals surface area contributed by atoms with Gasteiger partial charge in [-0.1, -0.05) is 42.5 Å². The lowest BCUT2D eigenvalue weighted by Gasteiger charge is -2.10. The first-order chi connectivity index (χ1) is 15.1. The van der Waals surface area contributed by atoms with Crippen LogP contribution in [0.5, 0.6) is 0 Å². The molecule has 0 spiro atoms. The minimum atomic E-state index is -0.267. The van der Waals surface area contributed by atoms with E-state index >= 15 is 0 Å². The number of rotatable bonds is 6. The molecule has 7 heteroatoms. The maximum Gasteiger partial charge on any atom is 0.306 e. The molecule has 7 nitrogen and oxygen atoms in total. The highest BCUT2D eigenvalue weighted by molar-refractivity contribution is 5.71. The molecule has 0 saturated heterocycles. The number of esters is 1. The highest BCUT2D eigenvalue weighted by Gasteiger charge is 2.13. The first-order valence-corrected chi connectivity index (χ1v) is 9.96. The van der Waals surface area contributed by atoms with Gasteiger partial charge in [-0.2, -0.15) is 15.3 Å². The number of fused-ring (bicyclic) bond motifs is 1. The molecular weight excluding hydrogens is 390 g/mol. The second-order valence-corrected chi connectivity index (χ2v) is 7.25. The van der Waals surface area contributed by atoms with Gasteiger partial charge in [-0.25, -0.2) is 9.50 Å². The number of carbonyl (C=O) groups is 1. The van der Waals surface area contributed by atoms with E-state index in [2.05, 4.69) is 21.1 Å². The van der Waals surface area contributed by atoms with Crippen molar-refractivity contribution in [2.75, 3.05) is 0 Å². The average Bonchev–Trinajstić information content (AvgIpc) is 3.26. The summed E-state index contributed by atoms with van der Waals surface area (Å²) in [6.07, 6.45) is 2.26.